The molecule has 2 radical (unpaired) electrons. The molecule has 4 saturated heterocycles. The van der Waals surface area contributed by atoms with Crippen molar-refractivity contribution in [3.05, 3.63) is 76.3 Å². The number of piperazine rings is 4. The maximum Gasteiger partial charge on any atom is 0.124 e. The molecule has 0 amide bonds. The number of imidazole rings is 1. The summed E-state index contributed by atoms with van der Waals surface area (Å²) in [5.41, 5.74) is 4.13. The first-order valence-electron chi connectivity index (χ1n) is 17.7. The average Bonchev–Trinajstić information content (AvgIpc) is 3.60. The van der Waals surface area contributed by atoms with Crippen LogP contribution in [0.25, 0.3) is 10.6 Å². The van der Waals surface area contributed by atoms with E-state index in [2.05, 4.69) is 68.1 Å². The summed E-state index contributed by atoms with van der Waals surface area (Å²) in [4.78, 5) is 14.8. The monoisotopic (exact) mass is 817 g/mol. The summed E-state index contributed by atoms with van der Waals surface area (Å²) in [6, 6.07) is 11.9. The molecule has 3 atom stereocenters. The van der Waals surface area contributed by atoms with Crippen LogP contribution in [-0.2, 0) is 58.4 Å². The summed E-state index contributed by atoms with van der Waals surface area (Å²) in [5.74, 6) is 0.764. The van der Waals surface area contributed by atoms with E-state index in [0.29, 0.717) is 6.61 Å². The topological polar surface area (TPSA) is 191 Å². The molecule has 1 aromatic heterocycles. The number of quaternary nitrogens is 1. The zero-order chi connectivity index (χ0) is 32.8. The first-order chi connectivity index (χ1) is 22.5. The third-order valence-corrected chi connectivity index (χ3v) is 9.91. The number of aliphatic hydroxyl groups is 1. The van der Waals surface area contributed by atoms with E-state index in [-0.39, 0.29) is 50.6 Å². The van der Waals surface area contributed by atoms with Gasteiger partial charge in [0.2, 0.25) is 0 Å². The fourth-order valence-corrected chi connectivity index (χ4v) is 7.09. The van der Waals surface area contributed by atoms with Gasteiger partial charge in [0, 0.05) is 85.9 Å². The third kappa shape index (κ3) is 15.7. The van der Waals surface area contributed by atoms with Crippen molar-refractivity contribution in [3.63, 3.8) is 0 Å². The molecule has 0 saturated carbocycles. The Hall–Kier alpha value is -0.971. The molecule has 51 heavy (non-hydrogen) atoms. The number of aromatic nitrogens is 2. The molecule has 13 nitrogen and oxygen atoms in total. The molecule has 4 fully saturated rings. The largest absolute Gasteiger partial charge is 0.686 e. The van der Waals surface area contributed by atoms with Crippen LogP contribution in [0, 0.1) is 18.0 Å². The minimum atomic E-state index is -0.416. The average molecular weight is 819 g/mol. The molecule has 8 N–H and O–H groups in total. The Morgan fingerprint density at radius 2 is 1.61 bits per heavy atom. The molecule has 306 valence electrons. The summed E-state index contributed by atoms with van der Waals surface area (Å²) < 4.78 is 6.13. The van der Waals surface area contributed by atoms with Crippen LogP contribution in [0.15, 0.2) is 36.8 Å². The van der Waals surface area contributed by atoms with E-state index in [1.807, 2.05) is 20.0 Å². The number of nitrogens with zero attached hydrogens (tertiary/aromatic N) is 7. The van der Waals surface area contributed by atoms with Gasteiger partial charge >= 0.3 is 0 Å². The van der Waals surface area contributed by atoms with Crippen LogP contribution in [0.3, 0.4) is 0 Å². The first kappa shape index (κ1) is 52.1. The zero-order valence-corrected chi connectivity index (χ0v) is 33.3. The van der Waals surface area contributed by atoms with Crippen LogP contribution < -0.4 is 0 Å². The minimum Gasteiger partial charge on any atom is -0.686 e. The third-order valence-electron chi connectivity index (χ3n) is 9.91. The zero-order valence-electron chi connectivity index (χ0n) is 31.4. The Morgan fingerprint density at radius 1 is 0.941 bits per heavy atom. The van der Waals surface area contributed by atoms with E-state index < -0.39 is 6.10 Å². The summed E-state index contributed by atoms with van der Waals surface area (Å²) in [6.07, 6.45) is 5.57. The Morgan fingerprint density at radius 3 is 2.24 bits per heavy atom. The van der Waals surface area contributed by atoms with Gasteiger partial charge in [-0.25, -0.2) is 11.5 Å². The van der Waals surface area contributed by atoms with Gasteiger partial charge in [-0.15, -0.1) is 25.7 Å². The van der Waals surface area contributed by atoms with E-state index >= 15 is 0 Å². The van der Waals surface area contributed by atoms with Gasteiger partial charge in [0.1, 0.15) is 6.10 Å². The van der Waals surface area contributed by atoms with Crippen LogP contribution in [0.1, 0.15) is 50.9 Å². The molecule has 5 heterocycles. The molecule has 0 aliphatic carbocycles. The van der Waals surface area contributed by atoms with Crippen LogP contribution in [0.2, 0.25) is 0 Å². The predicted octanol–water partition coefficient (Wildman–Crippen LogP) is 1.83. The van der Waals surface area contributed by atoms with E-state index in [1.165, 1.54) is 35.3 Å². The summed E-state index contributed by atoms with van der Waals surface area (Å²) in [5, 5.41) is 19.8. The first-order valence-corrected chi connectivity index (χ1v) is 17.7. The normalized spacial score (nSPS) is 22.1. The number of rotatable bonds is 11. The van der Waals surface area contributed by atoms with Gasteiger partial charge in [-0.2, -0.15) is 0 Å². The van der Waals surface area contributed by atoms with Gasteiger partial charge in [0.15, 0.2) is 0 Å². The van der Waals surface area contributed by atoms with Gasteiger partial charge in [-0.1, -0.05) is 64.9 Å². The van der Waals surface area contributed by atoms with E-state index in [4.69, 9.17) is 10.1 Å². The SMILES string of the molecule is CC.CCC(C)Cc1cnc[nH]1.COCC(O)C[N+]12CC[N-]C[C-]1CN(Cc1ccccc1CN1CCN3CC[N-]C[C-]3C1)CC2.O.O.O.[Cu].[Cu]. The molecule has 2 aromatic rings. The Bertz CT molecular complexity index is 1130. The van der Waals surface area contributed by atoms with Crippen molar-refractivity contribution >= 4 is 0 Å². The van der Waals surface area contributed by atoms with Crippen molar-refractivity contribution in [3.8, 4) is 0 Å². The fraction of sp³-hybridized carbons (Fsp3) is 0.694. The molecule has 4 aliphatic rings. The maximum atomic E-state index is 10.5. The van der Waals surface area contributed by atoms with E-state index in [1.54, 1.807) is 13.4 Å². The second-order valence-corrected chi connectivity index (χ2v) is 13.2. The molecular weight excluding hydrogens is 752 g/mol. The second kappa shape index (κ2) is 27.6. The molecule has 4 aliphatic heterocycles. The van der Waals surface area contributed by atoms with Gasteiger partial charge in [-0.05, 0) is 36.6 Å². The minimum absolute atomic E-state index is 0. The van der Waals surface area contributed by atoms with E-state index in [0.717, 1.165) is 115 Å². The van der Waals surface area contributed by atoms with Crippen molar-refractivity contribution in [1.29, 1.82) is 0 Å². The number of aliphatic hydroxyl groups excluding tert-OH is 1. The Kier molecular flexibility index (Phi) is 28.2. The van der Waals surface area contributed by atoms with Gasteiger partial charge in [0.05, 0.1) is 26.0 Å². The summed E-state index contributed by atoms with van der Waals surface area (Å²) >= 11 is 0. The van der Waals surface area contributed by atoms with Gasteiger partial charge < -0.3 is 61.1 Å². The van der Waals surface area contributed by atoms with Crippen LogP contribution in [-0.4, -0.2) is 156 Å². The van der Waals surface area contributed by atoms with Gasteiger partial charge in [0.25, 0.3) is 0 Å². The van der Waals surface area contributed by atoms with Crippen LogP contribution in [0.5, 0.6) is 0 Å². The maximum absolute atomic E-state index is 10.5. The number of aromatic amines is 1. The van der Waals surface area contributed by atoms with Gasteiger partial charge in [-0.3, -0.25) is 12.6 Å². The number of H-pyrrole nitrogens is 1. The molecule has 0 spiro atoms. The van der Waals surface area contributed by atoms with Crippen molar-refractivity contribution in [1.82, 2.24) is 24.7 Å². The summed E-state index contributed by atoms with van der Waals surface area (Å²) in [7, 11) is 1.66. The molecule has 6 rings (SSSR count). The molecule has 0 bridgehead atoms. The number of hydrogen-bond donors (Lipinski definition) is 2. The number of ether oxygens (including phenoxy) is 1. The quantitative estimate of drug-likeness (QED) is 0.198. The Balaban J connectivity index is 0. The number of nitrogens with one attached hydrogen (secondary N) is 1. The van der Waals surface area contributed by atoms with Crippen LogP contribution >= 0.6 is 0 Å². The molecule has 3 unspecified atom stereocenters. The number of hydrogen-bond acceptors (Lipinski definition) is 6. The number of methoxy groups -OCH3 is 1. The van der Waals surface area contributed by atoms with Crippen LogP contribution in [0.4, 0.5) is 0 Å². The second-order valence-electron chi connectivity index (χ2n) is 13.2. The van der Waals surface area contributed by atoms with E-state index in [9.17, 15) is 5.11 Å². The van der Waals surface area contributed by atoms with Crippen molar-refractivity contribution in [2.75, 3.05) is 98.8 Å². The predicted molar refractivity (Wildman–Crippen MR) is 198 cm³/mol. The smallest absolute Gasteiger partial charge is 0.124 e. The summed E-state index contributed by atoms with van der Waals surface area (Å²) in [6.45, 7) is 23.7. The van der Waals surface area contributed by atoms with Crippen molar-refractivity contribution in [2.24, 2.45) is 5.92 Å². The molecular formula is C36H67Cu2N8O5-3. The Labute approximate surface area is 329 Å². The number of benzene rings is 1. The fourth-order valence-electron chi connectivity index (χ4n) is 7.09. The standard InChI is InChI=1S/C26H41N6O2.C8H14N2.C2H6.2Cu.3H2O/c1-34-21-26(33)20-32-12-7-28-15-25(32)19-30(11-13-32)17-23-5-3-2-4-22(23)16-29-9-10-31-8-6-27-14-24(31)18-29;1-3-7(2)4-8-5-9-6-10-8;1-2;;;;;/h2-5,26,33H,6-21H2,1H3;5-7H,3-4H2,1-2H3,(H,9,10);1-2H3;;;3*1H2/q-3;;;;;;;. The van der Waals surface area contributed by atoms with Crippen molar-refractivity contribution < 1.29 is 64.9 Å². The molecule has 15 heteroatoms. The van der Waals surface area contributed by atoms with Crippen molar-refractivity contribution in [2.45, 2.75) is 59.7 Å². The number of fused-ring (bicyclic) bond motifs is 2. The molecule has 1 aromatic carbocycles.